The first-order valence-corrected chi connectivity index (χ1v) is 7.84. The molecule has 0 bridgehead atoms. The van der Waals surface area contributed by atoms with E-state index in [9.17, 15) is 4.79 Å². The monoisotopic (exact) mass is 305 g/mol. The summed E-state index contributed by atoms with van der Waals surface area (Å²) in [6.45, 7) is 3.50. The molecule has 2 aliphatic rings. The average Bonchev–Trinajstić information content (AvgIpc) is 2.97. The largest absolute Gasteiger partial charge is 0.478 e. The summed E-state index contributed by atoms with van der Waals surface area (Å²) in [5.41, 5.74) is 1.31. The van der Waals surface area contributed by atoms with Gasteiger partial charge in [0.1, 0.15) is 5.60 Å². The van der Waals surface area contributed by atoms with Gasteiger partial charge in [0.2, 0.25) is 0 Å². The van der Waals surface area contributed by atoms with Gasteiger partial charge in [-0.2, -0.15) is 0 Å². The molecule has 2 aliphatic heterocycles. The van der Waals surface area contributed by atoms with Gasteiger partial charge in [-0.3, -0.25) is 4.90 Å². The number of carboxylic acid groups (broad SMARTS) is 1. The normalized spacial score (nSPS) is 29.0. The number of ether oxygens (including phenoxy) is 2. The first-order valence-electron chi connectivity index (χ1n) is 7.84. The van der Waals surface area contributed by atoms with E-state index in [0.717, 1.165) is 51.1 Å². The fourth-order valence-corrected chi connectivity index (χ4v) is 3.70. The van der Waals surface area contributed by atoms with Gasteiger partial charge < -0.3 is 14.6 Å². The van der Waals surface area contributed by atoms with Crippen LogP contribution < -0.4 is 0 Å². The summed E-state index contributed by atoms with van der Waals surface area (Å²) < 4.78 is 11.7. The summed E-state index contributed by atoms with van der Waals surface area (Å²) in [6.07, 6.45) is 3.31. The Morgan fingerprint density at radius 1 is 1.45 bits per heavy atom. The van der Waals surface area contributed by atoms with Gasteiger partial charge in [-0.05, 0) is 37.0 Å². The van der Waals surface area contributed by atoms with E-state index in [4.69, 9.17) is 14.6 Å². The second-order valence-electron chi connectivity index (χ2n) is 6.24. The minimum absolute atomic E-state index is 0.159. The van der Waals surface area contributed by atoms with Crippen molar-refractivity contribution in [1.82, 2.24) is 4.90 Å². The molecule has 1 N–H and O–H groups in total. The number of rotatable bonds is 4. The highest BCUT2D eigenvalue weighted by atomic mass is 16.6. The van der Waals surface area contributed by atoms with Crippen molar-refractivity contribution in [2.75, 3.05) is 26.8 Å². The Hall–Kier alpha value is -1.43. The quantitative estimate of drug-likeness (QED) is 0.923. The lowest BCUT2D eigenvalue weighted by atomic mass is 9.86. The van der Waals surface area contributed by atoms with Crippen LogP contribution in [0.3, 0.4) is 0 Å². The van der Waals surface area contributed by atoms with Crippen LogP contribution in [0, 0.1) is 0 Å². The Morgan fingerprint density at radius 2 is 2.23 bits per heavy atom. The fourth-order valence-electron chi connectivity index (χ4n) is 3.70. The minimum atomic E-state index is -0.884. The third-order valence-corrected chi connectivity index (χ3v) is 4.81. The molecule has 5 nitrogen and oxygen atoms in total. The van der Waals surface area contributed by atoms with Crippen molar-refractivity contribution in [3.8, 4) is 0 Å². The number of benzene rings is 1. The summed E-state index contributed by atoms with van der Waals surface area (Å²) in [7, 11) is 1.77. The molecule has 5 heteroatoms. The van der Waals surface area contributed by atoms with E-state index in [1.54, 1.807) is 19.2 Å². The maximum absolute atomic E-state index is 10.9. The number of hydrogen-bond acceptors (Lipinski definition) is 4. The van der Waals surface area contributed by atoms with Crippen LogP contribution >= 0.6 is 0 Å². The summed E-state index contributed by atoms with van der Waals surface area (Å²) >= 11 is 0. The van der Waals surface area contributed by atoms with Crippen LogP contribution in [0.2, 0.25) is 0 Å². The van der Waals surface area contributed by atoms with Gasteiger partial charge in [0.05, 0.1) is 11.7 Å². The lowest BCUT2D eigenvalue weighted by molar-refractivity contribution is -0.145. The van der Waals surface area contributed by atoms with E-state index >= 15 is 0 Å². The molecule has 2 atom stereocenters. The zero-order valence-corrected chi connectivity index (χ0v) is 13.0. The summed E-state index contributed by atoms with van der Waals surface area (Å²) in [4.78, 5) is 13.3. The molecule has 0 aliphatic carbocycles. The number of carboxylic acids is 1. The minimum Gasteiger partial charge on any atom is -0.478 e. The van der Waals surface area contributed by atoms with Gasteiger partial charge in [-0.1, -0.05) is 12.1 Å². The highest BCUT2D eigenvalue weighted by Gasteiger charge is 2.46. The van der Waals surface area contributed by atoms with Crippen molar-refractivity contribution in [2.24, 2.45) is 0 Å². The van der Waals surface area contributed by atoms with E-state index < -0.39 is 5.97 Å². The molecular formula is C17H23NO4. The molecule has 1 spiro atoms. The standard InChI is InChI=1S/C17H23NO4/c1-21-15-7-9-18(12-17(15)8-2-10-22-17)11-13-3-5-14(6-4-13)16(19)20/h3-6,15H,2,7-12H2,1H3,(H,19,20)/t15-,17-/m0/s1. The maximum Gasteiger partial charge on any atom is 0.335 e. The second kappa shape index (κ2) is 6.36. The van der Waals surface area contributed by atoms with Gasteiger partial charge in [0.15, 0.2) is 0 Å². The Bertz CT molecular complexity index is 522. The van der Waals surface area contributed by atoms with Crippen molar-refractivity contribution < 1.29 is 19.4 Å². The first kappa shape index (κ1) is 15.5. The molecule has 3 rings (SSSR count). The van der Waals surface area contributed by atoms with E-state index in [2.05, 4.69) is 4.90 Å². The first-order chi connectivity index (χ1) is 10.6. The van der Waals surface area contributed by atoms with Crippen LogP contribution in [-0.4, -0.2) is 54.5 Å². The number of piperidine rings is 1. The van der Waals surface area contributed by atoms with E-state index in [-0.39, 0.29) is 11.7 Å². The van der Waals surface area contributed by atoms with Gasteiger partial charge in [-0.15, -0.1) is 0 Å². The summed E-state index contributed by atoms with van der Waals surface area (Å²) in [5, 5.41) is 8.95. The van der Waals surface area contributed by atoms with Crippen molar-refractivity contribution >= 4 is 5.97 Å². The van der Waals surface area contributed by atoms with E-state index in [1.165, 1.54) is 0 Å². The van der Waals surface area contributed by atoms with Gasteiger partial charge in [0.25, 0.3) is 0 Å². The Morgan fingerprint density at radius 3 is 2.82 bits per heavy atom. The van der Waals surface area contributed by atoms with Crippen molar-refractivity contribution in [3.63, 3.8) is 0 Å². The smallest absolute Gasteiger partial charge is 0.335 e. The molecule has 0 unspecified atom stereocenters. The number of aromatic carboxylic acids is 1. The molecule has 22 heavy (non-hydrogen) atoms. The number of likely N-dealkylation sites (tertiary alicyclic amines) is 1. The molecule has 120 valence electrons. The third kappa shape index (κ3) is 3.02. The molecule has 1 aromatic carbocycles. The van der Waals surface area contributed by atoms with Crippen LogP contribution in [0.4, 0.5) is 0 Å². The highest BCUT2D eigenvalue weighted by Crippen LogP contribution is 2.36. The molecule has 0 amide bonds. The second-order valence-corrected chi connectivity index (χ2v) is 6.24. The predicted octanol–water partition coefficient (Wildman–Crippen LogP) is 2.15. The molecule has 0 aromatic heterocycles. The van der Waals surface area contributed by atoms with Gasteiger partial charge >= 0.3 is 5.97 Å². The Kier molecular flexibility index (Phi) is 4.47. The summed E-state index contributed by atoms with van der Waals surface area (Å²) in [5.74, 6) is -0.884. The van der Waals surface area contributed by atoms with Gasteiger partial charge in [-0.25, -0.2) is 4.79 Å². The lowest BCUT2D eigenvalue weighted by Gasteiger charge is -2.44. The topological polar surface area (TPSA) is 59.0 Å². The molecule has 1 aromatic rings. The van der Waals surface area contributed by atoms with Crippen LogP contribution in [-0.2, 0) is 16.0 Å². The molecule has 0 saturated carbocycles. The van der Waals surface area contributed by atoms with Gasteiger partial charge in [0, 0.05) is 33.4 Å². The number of carbonyl (C=O) groups is 1. The molecule has 2 saturated heterocycles. The SMILES string of the molecule is CO[C@H]1CCN(Cc2ccc(C(=O)O)cc2)C[C@@]12CCCO2. The Labute approximate surface area is 130 Å². The predicted molar refractivity (Wildman–Crippen MR) is 82.0 cm³/mol. The number of methoxy groups -OCH3 is 1. The molecule has 0 radical (unpaired) electrons. The highest BCUT2D eigenvalue weighted by molar-refractivity contribution is 5.87. The number of nitrogens with zero attached hydrogens (tertiary/aromatic N) is 1. The van der Waals surface area contributed by atoms with Crippen molar-refractivity contribution in [3.05, 3.63) is 35.4 Å². The third-order valence-electron chi connectivity index (χ3n) is 4.81. The average molecular weight is 305 g/mol. The molecule has 2 heterocycles. The fraction of sp³-hybridized carbons (Fsp3) is 0.588. The van der Waals surface area contributed by atoms with Crippen LogP contribution in [0.15, 0.2) is 24.3 Å². The zero-order valence-electron chi connectivity index (χ0n) is 13.0. The number of hydrogen-bond donors (Lipinski definition) is 1. The van der Waals surface area contributed by atoms with E-state index in [1.807, 2.05) is 12.1 Å². The van der Waals surface area contributed by atoms with Crippen LogP contribution in [0.5, 0.6) is 0 Å². The van der Waals surface area contributed by atoms with Crippen molar-refractivity contribution in [1.29, 1.82) is 0 Å². The lowest BCUT2D eigenvalue weighted by Crippen LogP contribution is -2.56. The maximum atomic E-state index is 10.9. The van der Waals surface area contributed by atoms with E-state index in [0.29, 0.717) is 5.56 Å². The van der Waals surface area contributed by atoms with Crippen LogP contribution in [0.1, 0.15) is 35.2 Å². The molecular weight excluding hydrogens is 282 g/mol. The summed E-state index contributed by atoms with van der Waals surface area (Å²) in [6, 6.07) is 7.13. The van der Waals surface area contributed by atoms with Crippen LogP contribution in [0.25, 0.3) is 0 Å². The van der Waals surface area contributed by atoms with Crippen molar-refractivity contribution in [2.45, 2.75) is 37.5 Å². The zero-order chi connectivity index (χ0) is 15.6. The molecule has 2 fully saturated rings. The Balaban J connectivity index is 1.67.